The molecule has 0 saturated heterocycles. The Morgan fingerprint density at radius 2 is 2.33 bits per heavy atom. The van der Waals surface area contributed by atoms with Gasteiger partial charge in [0.15, 0.2) is 0 Å². The molecule has 0 aliphatic rings. The molecule has 0 radical (unpaired) electrons. The Balaban J connectivity index is 2.83. The molecule has 15 heavy (non-hydrogen) atoms. The van der Waals surface area contributed by atoms with Crippen molar-refractivity contribution in [2.24, 2.45) is 5.73 Å². The minimum absolute atomic E-state index is 0.00818. The molecule has 1 unspecified atom stereocenters. The fourth-order valence-corrected chi connectivity index (χ4v) is 2.11. The summed E-state index contributed by atoms with van der Waals surface area (Å²) in [4.78, 5) is 21.1. The SMILES string of the molecule is NCC(CC(=O)O)c1ccc([N+](=O)[O-])s1. The van der Waals surface area contributed by atoms with E-state index >= 15 is 0 Å². The topological polar surface area (TPSA) is 106 Å². The summed E-state index contributed by atoms with van der Waals surface area (Å²) in [5, 5.41) is 19.0. The lowest BCUT2D eigenvalue weighted by Gasteiger charge is -2.08. The first kappa shape index (κ1) is 11.6. The zero-order chi connectivity index (χ0) is 11.4. The molecule has 3 N–H and O–H groups in total. The van der Waals surface area contributed by atoms with E-state index in [1.54, 1.807) is 6.07 Å². The molecule has 7 heteroatoms. The Hall–Kier alpha value is -1.47. The molecule has 1 aromatic heterocycles. The summed E-state index contributed by atoms with van der Waals surface area (Å²) in [5.41, 5.74) is 5.41. The lowest BCUT2D eigenvalue weighted by molar-refractivity contribution is -0.380. The number of nitrogens with zero attached hydrogens (tertiary/aromatic N) is 1. The van der Waals surface area contributed by atoms with Crippen molar-refractivity contribution in [3.63, 3.8) is 0 Å². The third kappa shape index (κ3) is 3.00. The van der Waals surface area contributed by atoms with Crippen LogP contribution in [0.2, 0.25) is 0 Å². The van der Waals surface area contributed by atoms with Gasteiger partial charge in [0.2, 0.25) is 0 Å². The molecule has 1 aromatic rings. The fraction of sp³-hybridized carbons (Fsp3) is 0.375. The van der Waals surface area contributed by atoms with Gasteiger partial charge in [-0.2, -0.15) is 0 Å². The average Bonchev–Trinajstić information content (AvgIpc) is 2.62. The number of hydrogen-bond donors (Lipinski definition) is 2. The van der Waals surface area contributed by atoms with Crippen molar-refractivity contribution in [2.75, 3.05) is 6.54 Å². The number of aliphatic carboxylic acids is 1. The summed E-state index contributed by atoms with van der Waals surface area (Å²) in [7, 11) is 0. The molecule has 0 aliphatic carbocycles. The molecule has 1 rings (SSSR count). The van der Waals surface area contributed by atoms with Crippen molar-refractivity contribution in [3.8, 4) is 0 Å². The van der Waals surface area contributed by atoms with Crippen LogP contribution in [-0.2, 0) is 4.79 Å². The second kappa shape index (κ2) is 4.85. The summed E-state index contributed by atoms with van der Waals surface area (Å²) >= 11 is 0.973. The van der Waals surface area contributed by atoms with Gasteiger partial charge in [0.25, 0.3) is 0 Å². The van der Waals surface area contributed by atoms with E-state index in [4.69, 9.17) is 10.8 Å². The molecule has 0 spiro atoms. The number of rotatable bonds is 5. The van der Waals surface area contributed by atoms with Crippen LogP contribution in [-0.4, -0.2) is 22.5 Å². The molecular weight excluding hydrogens is 220 g/mol. The first-order chi connectivity index (χ1) is 7.04. The van der Waals surface area contributed by atoms with Crippen molar-refractivity contribution in [2.45, 2.75) is 12.3 Å². The average molecular weight is 230 g/mol. The highest BCUT2D eigenvalue weighted by molar-refractivity contribution is 7.15. The van der Waals surface area contributed by atoms with Crippen molar-refractivity contribution in [3.05, 3.63) is 27.1 Å². The lowest BCUT2D eigenvalue weighted by atomic mass is 10.0. The molecule has 0 bridgehead atoms. The molecule has 0 aliphatic heterocycles. The Bertz CT molecular complexity index is 376. The van der Waals surface area contributed by atoms with E-state index in [0.717, 1.165) is 11.3 Å². The van der Waals surface area contributed by atoms with Crippen LogP contribution in [0.15, 0.2) is 12.1 Å². The smallest absolute Gasteiger partial charge is 0.324 e. The van der Waals surface area contributed by atoms with Crippen LogP contribution in [0.25, 0.3) is 0 Å². The van der Waals surface area contributed by atoms with E-state index < -0.39 is 10.9 Å². The van der Waals surface area contributed by atoms with E-state index in [-0.39, 0.29) is 23.9 Å². The van der Waals surface area contributed by atoms with Gasteiger partial charge in [-0.05, 0) is 6.07 Å². The van der Waals surface area contributed by atoms with Gasteiger partial charge in [0.1, 0.15) is 0 Å². The maximum Gasteiger partial charge on any atom is 0.324 e. The summed E-state index contributed by atoms with van der Waals surface area (Å²) in [5.74, 6) is -1.30. The minimum Gasteiger partial charge on any atom is -0.481 e. The Labute approximate surface area is 89.5 Å². The molecule has 0 aromatic carbocycles. The third-order valence-electron chi connectivity index (χ3n) is 1.90. The number of carboxylic acids is 1. The quantitative estimate of drug-likeness (QED) is 0.583. The molecule has 6 nitrogen and oxygen atoms in total. The Kier molecular flexibility index (Phi) is 3.75. The summed E-state index contributed by atoms with van der Waals surface area (Å²) < 4.78 is 0. The predicted molar refractivity (Wildman–Crippen MR) is 55.0 cm³/mol. The normalized spacial score (nSPS) is 12.3. The van der Waals surface area contributed by atoms with Gasteiger partial charge >= 0.3 is 11.0 Å². The van der Waals surface area contributed by atoms with E-state index in [9.17, 15) is 14.9 Å². The zero-order valence-corrected chi connectivity index (χ0v) is 8.57. The van der Waals surface area contributed by atoms with Crippen LogP contribution in [0, 0.1) is 10.1 Å². The number of nitrogens with two attached hydrogens (primary N) is 1. The highest BCUT2D eigenvalue weighted by Gasteiger charge is 2.19. The number of thiophene rings is 1. The standard InChI is InChI=1S/C8H10N2O4S/c9-4-5(3-8(11)12)6-1-2-7(15-6)10(13)14/h1-2,5H,3-4,9H2,(H,11,12). The van der Waals surface area contributed by atoms with Crippen LogP contribution < -0.4 is 5.73 Å². The highest BCUT2D eigenvalue weighted by Crippen LogP contribution is 2.31. The second-order valence-corrected chi connectivity index (χ2v) is 4.06. The number of nitro groups is 1. The number of carboxylic acid groups (broad SMARTS) is 1. The summed E-state index contributed by atoms with van der Waals surface area (Å²) in [6.45, 7) is 0.171. The van der Waals surface area contributed by atoms with Crippen molar-refractivity contribution in [1.29, 1.82) is 0 Å². The lowest BCUT2D eigenvalue weighted by Crippen LogP contribution is -2.15. The Morgan fingerprint density at radius 1 is 1.67 bits per heavy atom. The van der Waals surface area contributed by atoms with Gasteiger partial charge < -0.3 is 10.8 Å². The van der Waals surface area contributed by atoms with Gasteiger partial charge in [-0.15, -0.1) is 0 Å². The van der Waals surface area contributed by atoms with Crippen LogP contribution in [0.1, 0.15) is 17.2 Å². The van der Waals surface area contributed by atoms with Gasteiger partial charge in [-0.3, -0.25) is 14.9 Å². The maximum absolute atomic E-state index is 10.5. The van der Waals surface area contributed by atoms with Crippen LogP contribution >= 0.6 is 11.3 Å². The number of hydrogen-bond acceptors (Lipinski definition) is 5. The largest absolute Gasteiger partial charge is 0.481 e. The second-order valence-electron chi connectivity index (χ2n) is 2.96. The van der Waals surface area contributed by atoms with E-state index in [1.165, 1.54) is 6.07 Å². The molecular formula is C8H10N2O4S. The van der Waals surface area contributed by atoms with Gasteiger partial charge in [-0.1, -0.05) is 11.3 Å². The molecule has 82 valence electrons. The van der Waals surface area contributed by atoms with Crippen molar-refractivity contribution < 1.29 is 14.8 Å². The van der Waals surface area contributed by atoms with E-state index in [0.29, 0.717) is 4.88 Å². The molecule has 0 amide bonds. The molecule has 0 fully saturated rings. The number of carbonyl (C=O) groups is 1. The first-order valence-corrected chi connectivity index (χ1v) is 5.02. The van der Waals surface area contributed by atoms with E-state index in [1.807, 2.05) is 0 Å². The molecule has 1 atom stereocenters. The zero-order valence-electron chi connectivity index (χ0n) is 7.75. The maximum atomic E-state index is 10.5. The summed E-state index contributed by atoms with van der Waals surface area (Å²) in [6, 6.07) is 2.92. The third-order valence-corrected chi connectivity index (χ3v) is 3.10. The van der Waals surface area contributed by atoms with Crippen LogP contribution in [0.3, 0.4) is 0 Å². The van der Waals surface area contributed by atoms with Gasteiger partial charge in [0, 0.05) is 23.4 Å². The highest BCUT2D eigenvalue weighted by atomic mass is 32.1. The molecule has 1 heterocycles. The molecule has 0 saturated carbocycles. The van der Waals surface area contributed by atoms with Gasteiger partial charge in [-0.25, -0.2) is 0 Å². The van der Waals surface area contributed by atoms with Crippen LogP contribution in [0.5, 0.6) is 0 Å². The summed E-state index contributed by atoms with van der Waals surface area (Å²) in [6.07, 6.45) is -0.103. The predicted octanol–water partition coefficient (Wildman–Crippen LogP) is 1.17. The monoisotopic (exact) mass is 230 g/mol. The van der Waals surface area contributed by atoms with Crippen molar-refractivity contribution in [1.82, 2.24) is 0 Å². The first-order valence-electron chi connectivity index (χ1n) is 4.20. The van der Waals surface area contributed by atoms with Crippen molar-refractivity contribution >= 4 is 22.3 Å². The van der Waals surface area contributed by atoms with E-state index in [2.05, 4.69) is 0 Å². The fourth-order valence-electron chi connectivity index (χ4n) is 1.17. The minimum atomic E-state index is -0.957. The Morgan fingerprint density at radius 3 is 2.73 bits per heavy atom. The van der Waals surface area contributed by atoms with Gasteiger partial charge in [0.05, 0.1) is 11.3 Å². The van der Waals surface area contributed by atoms with Crippen LogP contribution in [0.4, 0.5) is 5.00 Å².